The third kappa shape index (κ3) is 17.9. The van der Waals surface area contributed by atoms with E-state index in [1.54, 1.807) is 6.92 Å². The van der Waals surface area contributed by atoms with Crippen molar-refractivity contribution >= 4 is 5.91 Å². The lowest BCUT2D eigenvalue weighted by atomic mass is 10.2. The molecule has 6 nitrogen and oxygen atoms in total. The Labute approximate surface area is 165 Å². The summed E-state index contributed by atoms with van der Waals surface area (Å²) < 4.78 is 2.08. The average molecular weight is 382 g/mol. The maximum absolute atomic E-state index is 11.6. The normalized spacial score (nSPS) is 12.3. The van der Waals surface area contributed by atoms with Crippen LogP contribution in [-0.4, -0.2) is 106 Å². The van der Waals surface area contributed by atoms with Crippen LogP contribution in [0.5, 0.6) is 0 Å². The Morgan fingerprint density at radius 1 is 0.923 bits per heavy atom. The first kappa shape index (κ1) is 36.0. The maximum Gasteiger partial charge on any atom is 0.250 e. The highest BCUT2D eigenvalue weighted by atomic mass is 16.3. The minimum Gasteiger partial charge on any atom is -0.382 e. The summed E-state index contributed by atoms with van der Waals surface area (Å²) in [4.78, 5) is 11.6. The van der Waals surface area contributed by atoms with Gasteiger partial charge in [0.05, 0.1) is 49.3 Å². The third-order valence-electron chi connectivity index (χ3n) is 3.28. The van der Waals surface area contributed by atoms with Gasteiger partial charge >= 0.3 is 0 Å². The lowest BCUT2D eigenvalue weighted by Gasteiger charge is -2.40. The zero-order chi connectivity index (χ0) is 17.8. The van der Waals surface area contributed by atoms with E-state index in [9.17, 15) is 9.90 Å². The van der Waals surface area contributed by atoms with Gasteiger partial charge in [-0.15, -0.1) is 0 Å². The van der Waals surface area contributed by atoms with E-state index < -0.39 is 0 Å². The largest absolute Gasteiger partial charge is 0.382 e. The molecule has 162 valence electrons. The molecule has 0 aliphatic rings. The summed E-state index contributed by atoms with van der Waals surface area (Å²) in [5.41, 5.74) is 0.520. The van der Waals surface area contributed by atoms with E-state index in [4.69, 9.17) is 0 Å². The molecule has 0 aliphatic heterocycles. The molecule has 0 aromatic carbocycles. The smallest absolute Gasteiger partial charge is 0.250 e. The fourth-order valence-corrected chi connectivity index (χ4v) is 2.84. The lowest BCUT2D eigenvalue weighted by molar-refractivity contribution is -1.07. The highest BCUT2D eigenvalue weighted by Gasteiger charge is 2.31. The van der Waals surface area contributed by atoms with Gasteiger partial charge in [0.1, 0.15) is 13.1 Å². The Balaban J connectivity index is -0.000000367. The van der Waals surface area contributed by atoms with Gasteiger partial charge in [0, 0.05) is 5.57 Å². The van der Waals surface area contributed by atoms with Crippen molar-refractivity contribution in [3.63, 3.8) is 0 Å². The van der Waals surface area contributed by atoms with Crippen LogP contribution in [0, 0.1) is 0 Å². The standard InChI is InChI=1S/C16H36N4O2.4CH4/c1-14(2)16(22)17-12-20(8,9)13-19(6,7)11-15(21)10-18(3,4)5;;;;/h15,21H,1,10-13H2,2-9H3;4*1H4/q+2;;;;/p+1. The summed E-state index contributed by atoms with van der Waals surface area (Å²) in [6.07, 6.45) is -0.347. The van der Waals surface area contributed by atoms with Gasteiger partial charge in [-0.1, -0.05) is 36.3 Å². The second kappa shape index (κ2) is 13.3. The predicted octanol–water partition coefficient (Wildman–Crippen LogP) is 2.36. The van der Waals surface area contributed by atoms with Crippen molar-refractivity contribution in [2.75, 3.05) is 75.8 Å². The molecule has 1 atom stereocenters. The number of nitrogens with zero attached hydrogens (tertiary/aromatic N) is 3. The van der Waals surface area contributed by atoms with Crippen LogP contribution in [0.1, 0.15) is 36.6 Å². The zero-order valence-corrected chi connectivity index (χ0v) is 15.8. The Morgan fingerprint density at radius 3 is 1.69 bits per heavy atom. The van der Waals surface area contributed by atoms with Crippen LogP contribution >= 0.6 is 0 Å². The molecular weight excluding hydrogens is 328 g/mol. The molecule has 0 fully saturated rings. The number of carbonyl (C=O) groups excluding carboxylic acids is 1. The van der Waals surface area contributed by atoms with E-state index in [-0.39, 0.29) is 41.7 Å². The topological polar surface area (TPSA) is 49.3 Å². The van der Waals surface area contributed by atoms with Crippen molar-refractivity contribution < 1.29 is 23.4 Å². The highest BCUT2D eigenvalue weighted by Crippen LogP contribution is 2.08. The SMILES string of the molecule is C.C.C.C.C=C(C)C(=O)NC[N+](C)(C)C[N+](C)(C)CC(O)C[N+](C)(C)C. The predicted molar refractivity (Wildman–Crippen MR) is 118 cm³/mol. The fourth-order valence-electron chi connectivity index (χ4n) is 2.84. The number of rotatable bonds is 9. The molecule has 0 heterocycles. The summed E-state index contributed by atoms with van der Waals surface area (Å²) in [6.45, 7) is 8.11. The molecule has 0 bridgehead atoms. The number of carbonyl (C=O) groups is 1. The van der Waals surface area contributed by atoms with Gasteiger partial charge in [0.15, 0.2) is 12.8 Å². The van der Waals surface area contributed by atoms with Crippen LogP contribution in [0.2, 0.25) is 0 Å². The molecular formula is C20H53N4O2+3. The zero-order valence-electron chi connectivity index (χ0n) is 15.8. The number of aliphatic hydroxyl groups excluding tert-OH is 1. The van der Waals surface area contributed by atoms with Gasteiger partial charge in [-0.05, 0) is 6.92 Å². The van der Waals surface area contributed by atoms with E-state index in [1.165, 1.54) is 0 Å². The van der Waals surface area contributed by atoms with Crippen LogP contribution in [0.4, 0.5) is 0 Å². The molecule has 0 aromatic heterocycles. The van der Waals surface area contributed by atoms with Crippen molar-refractivity contribution in [1.82, 2.24) is 5.32 Å². The van der Waals surface area contributed by atoms with Gasteiger partial charge < -0.3 is 14.9 Å². The van der Waals surface area contributed by atoms with Crippen molar-refractivity contribution in [3.8, 4) is 0 Å². The minimum absolute atomic E-state index is 0. The van der Waals surface area contributed by atoms with E-state index in [0.29, 0.717) is 27.8 Å². The van der Waals surface area contributed by atoms with Crippen LogP contribution in [-0.2, 0) is 4.79 Å². The molecule has 26 heavy (non-hydrogen) atoms. The number of amides is 1. The second-order valence-electron chi connectivity index (χ2n) is 8.77. The summed E-state index contributed by atoms with van der Waals surface area (Å²) in [5.74, 6) is -0.110. The number of likely N-dealkylation sites (N-methyl/N-ethyl adjacent to an activating group) is 2. The van der Waals surface area contributed by atoms with Crippen LogP contribution < -0.4 is 5.32 Å². The molecule has 2 N–H and O–H groups in total. The van der Waals surface area contributed by atoms with Gasteiger partial charge in [0.25, 0.3) is 5.91 Å². The van der Waals surface area contributed by atoms with Crippen molar-refractivity contribution in [3.05, 3.63) is 12.2 Å². The molecule has 0 spiro atoms. The summed E-state index contributed by atoms with van der Waals surface area (Å²) in [5, 5.41) is 13.2. The van der Waals surface area contributed by atoms with Crippen LogP contribution in [0.25, 0.3) is 0 Å². The molecule has 0 aliphatic carbocycles. The van der Waals surface area contributed by atoms with Crippen molar-refractivity contribution in [1.29, 1.82) is 0 Å². The average Bonchev–Trinajstić information content (AvgIpc) is 2.19. The quantitative estimate of drug-likeness (QED) is 0.366. The summed E-state index contributed by atoms with van der Waals surface area (Å²) in [7, 11) is 14.6. The highest BCUT2D eigenvalue weighted by molar-refractivity contribution is 5.91. The van der Waals surface area contributed by atoms with Crippen LogP contribution in [0.3, 0.4) is 0 Å². The molecule has 1 unspecified atom stereocenters. The van der Waals surface area contributed by atoms with Crippen molar-refractivity contribution in [2.45, 2.75) is 42.7 Å². The maximum atomic E-state index is 11.6. The number of nitrogens with one attached hydrogen (secondary N) is 1. The first-order valence-electron chi connectivity index (χ1n) is 7.70. The molecule has 1 amide bonds. The van der Waals surface area contributed by atoms with E-state index >= 15 is 0 Å². The summed E-state index contributed by atoms with van der Waals surface area (Å²) >= 11 is 0. The van der Waals surface area contributed by atoms with E-state index in [1.807, 2.05) is 0 Å². The van der Waals surface area contributed by atoms with E-state index in [0.717, 1.165) is 17.7 Å². The van der Waals surface area contributed by atoms with E-state index in [2.05, 4.69) is 61.2 Å². The first-order chi connectivity index (χ1) is 9.64. The Hall–Kier alpha value is -0.950. The Kier molecular flexibility index (Phi) is 18.4. The number of hydrogen-bond donors (Lipinski definition) is 2. The summed E-state index contributed by atoms with van der Waals surface area (Å²) in [6, 6.07) is 0. The second-order valence-corrected chi connectivity index (χ2v) is 8.77. The van der Waals surface area contributed by atoms with Crippen molar-refractivity contribution in [2.24, 2.45) is 0 Å². The molecule has 0 saturated heterocycles. The number of hydrogen-bond acceptors (Lipinski definition) is 2. The lowest BCUT2D eigenvalue weighted by Crippen LogP contribution is -2.61. The first-order valence-corrected chi connectivity index (χ1v) is 7.70. The molecule has 0 saturated carbocycles. The number of aliphatic hydroxyl groups is 1. The Bertz CT molecular complexity index is 399. The van der Waals surface area contributed by atoms with Gasteiger partial charge in [-0.25, -0.2) is 0 Å². The van der Waals surface area contributed by atoms with Crippen LogP contribution in [0.15, 0.2) is 12.2 Å². The van der Waals surface area contributed by atoms with Gasteiger partial charge in [0.2, 0.25) is 6.67 Å². The van der Waals surface area contributed by atoms with Gasteiger partial charge in [-0.2, -0.15) is 0 Å². The molecule has 0 rings (SSSR count). The monoisotopic (exact) mass is 381 g/mol. The molecule has 6 heteroatoms. The Morgan fingerprint density at radius 2 is 1.35 bits per heavy atom. The van der Waals surface area contributed by atoms with Gasteiger partial charge in [-0.3, -0.25) is 13.8 Å². The third-order valence-corrected chi connectivity index (χ3v) is 3.28. The fraction of sp³-hybridized carbons (Fsp3) is 0.850. The molecule has 0 radical (unpaired) electrons. The molecule has 0 aromatic rings. The minimum atomic E-state index is -0.347. The number of quaternary nitrogens is 3.